The van der Waals surface area contributed by atoms with E-state index in [0.29, 0.717) is 34.9 Å². The van der Waals surface area contributed by atoms with Gasteiger partial charge < -0.3 is 10.6 Å². The molecular formula is C19H17ClN4O2. The number of aromatic amines is 1. The highest BCUT2D eigenvalue weighted by Gasteiger charge is 2.15. The molecule has 132 valence electrons. The lowest BCUT2D eigenvalue weighted by molar-refractivity contribution is 0.0928. The molecule has 0 aliphatic heterocycles. The van der Waals surface area contributed by atoms with Gasteiger partial charge in [-0.25, -0.2) is 0 Å². The number of carbonyl (C=O) groups excluding carboxylic acids is 2. The summed E-state index contributed by atoms with van der Waals surface area (Å²) in [6, 6.07) is 16.0. The van der Waals surface area contributed by atoms with Crippen LogP contribution in [0.2, 0.25) is 5.02 Å². The maximum Gasteiger partial charge on any atom is 0.255 e. The van der Waals surface area contributed by atoms with Gasteiger partial charge in [-0.05, 0) is 24.3 Å². The van der Waals surface area contributed by atoms with Crippen LogP contribution >= 0.6 is 11.6 Å². The second-order valence-corrected chi connectivity index (χ2v) is 5.98. The molecule has 2 amide bonds. The Morgan fingerprint density at radius 3 is 2.27 bits per heavy atom. The molecule has 0 saturated heterocycles. The van der Waals surface area contributed by atoms with E-state index in [1.54, 1.807) is 36.4 Å². The number of nitrogens with one attached hydrogen (secondary N) is 3. The summed E-state index contributed by atoms with van der Waals surface area (Å²) in [4.78, 5) is 24.3. The zero-order valence-corrected chi connectivity index (χ0v) is 14.6. The summed E-state index contributed by atoms with van der Waals surface area (Å²) >= 11 is 5.89. The number of hydrogen-bond acceptors (Lipinski definition) is 3. The minimum absolute atomic E-state index is 0.176. The molecule has 3 rings (SSSR count). The third-order valence-corrected chi connectivity index (χ3v) is 4.00. The summed E-state index contributed by atoms with van der Waals surface area (Å²) in [5.41, 5.74) is 2.45. The molecule has 1 heterocycles. The Balaban J connectivity index is 1.54. The molecule has 0 saturated carbocycles. The Bertz CT molecular complexity index is 891. The van der Waals surface area contributed by atoms with Crippen molar-refractivity contribution in [1.29, 1.82) is 0 Å². The fourth-order valence-corrected chi connectivity index (χ4v) is 2.56. The van der Waals surface area contributed by atoms with Gasteiger partial charge in [0.25, 0.3) is 11.8 Å². The first-order valence-corrected chi connectivity index (χ1v) is 8.43. The van der Waals surface area contributed by atoms with Crippen molar-refractivity contribution in [2.75, 3.05) is 13.1 Å². The Morgan fingerprint density at radius 1 is 0.923 bits per heavy atom. The summed E-state index contributed by atoms with van der Waals surface area (Å²) in [7, 11) is 0. The topological polar surface area (TPSA) is 86.9 Å². The van der Waals surface area contributed by atoms with E-state index in [4.69, 9.17) is 11.6 Å². The predicted molar refractivity (Wildman–Crippen MR) is 100 cm³/mol. The molecule has 3 aromatic rings. The minimum Gasteiger partial charge on any atom is -0.350 e. The fraction of sp³-hybridized carbons (Fsp3) is 0.105. The second-order valence-electron chi connectivity index (χ2n) is 5.54. The van der Waals surface area contributed by atoms with Gasteiger partial charge >= 0.3 is 0 Å². The molecule has 0 spiro atoms. The van der Waals surface area contributed by atoms with Gasteiger partial charge in [-0.1, -0.05) is 41.9 Å². The van der Waals surface area contributed by atoms with Crippen LogP contribution in [0.4, 0.5) is 0 Å². The van der Waals surface area contributed by atoms with Crippen molar-refractivity contribution in [2.24, 2.45) is 0 Å². The zero-order valence-electron chi connectivity index (χ0n) is 13.8. The highest BCUT2D eigenvalue weighted by molar-refractivity contribution is 6.30. The number of amides is 2. The SMILES string of the molecule is O=C(NCCNC(=O)c1cn[nH]c1-c1ccc(Cl)cc1)c1ccccc1. The molecule has 26 heavy (non-hydrogen) atoms. The standard InChI is InChI=1S/C19H17ClN4O2/c20-15-8-6-13(7-9-15)17-16(12-23-24-17)19(26)22-11-10-21-18(25)14-4-2-1-3-5-14/h1-9,12H,10-11H2,(H,21,25)(H,22,26)(H,23,24). The molecule has 0 aliphatic carbocycles. The molecule has 0 unspecified atom stereocenters. The molecule has 7 heteroatoms. The molecule has 0 atom stereocenters. The lowest BCUT2D eigenvalue weighted by Gasteiger charge is -2.08. The molecule has 1 aromatic heterocycles. The molecular weight excluding hydrogens is 352 g/mol. The van der Waals surface area contributed by atoms with E-state index in [0.717, 1.165) is 5.56 Å². The third-order valence-electron chi connectivity index (χ3n) is 3.75. The number of halogens is 1. The van der Waals surface area contributed by atoms with Gasteiger partial charge in [0.1, 0.15) is 0 Å². The number of carbonyl (C=O) groups is 2. The van der Waals surface area contributed by atoms with Crippen LogP contribution in [0.3, 0.4) is 0 Å². The molecule has 0 aliphatic rings. The molecule has 3 N–H and O–H groups in total. The quantitative estimate of drug-likeness (QED) is 0.585. The first-order valence-electron chi connectivity index (χ1n) is 8.06. The number of benzene rings is 2. The lowest BCUT2D eigenvalue weighted by Crippen LogP contribution is -2.34. The summed E-state index contributed by atoms with van der Waals surface area (Å²) in [6.07, 6.45) is 1.47. The largest absolute Gasteiger partial charge is 0.350 e. The summed E-state index contributed by atoms with van der Waals surface area (Å²) in [5, 5.41) is 12.9. The van der Waals surface area contributed by atoms with Crippen LogP contribution in [0, 0.1) is 0 Å². The van der Waals surface area contributed by atoms with Gasteiger partial charge in [0.2, 0.25) is 0 Å². The van der Waals surface area contributed by atoms with Crippen LogP contribution in [0.5, 0.6) is 0 Å². The van der Waals surface area contributed by atoms with Gasteiger partial charge in [0, 0.05) is 29.2 Å². The lowest BCUT2D eigenvalue weighted by atomic mass is 10.1. The van der Waals surface area contributed by atoms with E-state index in [-0.39, 0.29) is 11.8 Å². The first kappa shape index (κ1) is 17.7. The highest BCUT2D eigenvalue weighted by Crippen LogP contribution is 2.22. The van der Waals surface area contributed by atoms with Crippen molar-refractivity contribution in [2.45, 2.75) is 0 Å². The van der Waals surface area contributed by atoms with Gasteiger partial charge in [-0.2, -0.15) is 5.10 Å². The number of aromatic nitrogens is 2. The van der Waals surface area contributed by atoms with Crippen molar-refractivity contribution in [3.63, 3.8) is 0 Å². The average molecular weight is 369 g/mol. The van der Waals surface area contributed by atoms with Gasteiger partial charge in [0.15, 0.2) is 0 Å². The zero-order chi connectivity index (χ0) is 18.4. The monoisotopic (exact) mass is 368 g/mol. The van der Waals surface area contributed by atoms with E-state index in [9.17, 15) is 9.59 Å². The van der Waals surface area contributed by atoms with Gasteiger partial charge in [0.05, 0.1) is 17.5 Å². The van der Waals surface area contributed by atoms with E-state index >= 15 is 0 Å². The molecule has 0 radical (unpaired) electrons. The smallest absolute Gasteiger partial charge is 0.255 e. The predicted octanol–water partition coefficient (Wildman–Crippen LogP) is 2.89. The molecule has 2 aromatic carbocycles. The van der Waals surface area contributed by atoms with Crippen LogP contribution in [0.25, 0.3) is 11.3 Å². The second kappa shape index (κ2) is 8.31. The number of rotatable bonds is 6. The van der Waals surface area contributed by atoms with Crippen LogP contribution in [0.15, 0.2) is 60.8 Å². The summed E-state index contributed by atoms with van der Waals surface area (Å²) in [6.45, 7) is 0.635. The van der Waals surface area contributed by atoms with E-state index < -0.39 is 0 Å². The molecule has 6 nitrogen and oxygen atoms in total. The van der Waals surface area contributed by atoms with Crippen molar-refractivity contribution < 1.29 is 9.59 Å². The Kier molecular flexibility index (Phi) is 5.66. The van der Waals surface area contributed by atoms with Crippen LogP contribution < -0.4 is 10.6 Å². The van der Waals surface area contributed by atoms with Crippen molar-refractivity contribution in [1.82, 2.24) is 20.8 Å². The highest BCUT2D eigenvalue weighted by atomic mass is 35.5. The average Bonchev–Trinajstić information content (AvgIpc) is 3.16. The van der Waals surface area contributed by atoms with Crippen molar-refractivity contribution >= 4 is 23.4 Å². The third kappa shape index (κ3) is 4.29. The number of H-pyrrole nitrogens is 1. The summed E-state index contributed by atoms with van der Waals surface area (Å²) < 4.78 is 0. The fourth-order valence-electron chi connectivity index (χ4n) is 2.43. The Labute approximate surface area is 155 Å². The Morgan fingerprint density at radius 2 is 1.58 bits per heavy atom. The van der Waals surface area contributed by atoms with E-state index in [1.807, 2.05) is 18.2 Å². The van der Waals surface area contributed by atoms with E-state index in [2.05, 4.69) is 20.8 Å². The van der Waals surface area contributed by atoms with Gasteiger partial charge in [-0.15, -0.1) is 0 Å². The molecule has 0 fully saturated rings. The number of hydrogen-bond donors (Lipinski definition) is 3. The minimum atomic E-state index is -0.266. The van der Waals surface area contributed by atoms with Crippen LogP contribution in [0.1, 0.15) is 20.7 Å². The van der Waals surface area contributed by atoms with E-state index in [1.165, 1.54) is 6.20 Å². The van der Waals surface area contributed by atoms with Crippen molar-refractivity contribution in [3.8, 4) is 11.3 Å². The van der Waals surface area contributed by atoms with Crippen LogP contribution in [-0.2, 0) is 0 Å². The van der Waals surface area contributed by atoms with Crippen molar-refractivity contribution in [3.05, 3.63) is 76.9 Å². The Hall–Kier alpha value is -3.12. The summed E-state index contributed by atoms with van der Waals surface area (Å²) in [5.74, 6) is -0.442. The number of nitrogens with zero attached hydrogens (tertiary/aromatic N) is 1. The first-order chi connectivity index (χ1) is 12.6. The maximum atomic E-state index is 12.4. The molecule has 0 bridgehead atoms. The normalized spacial score (nSPS) is 10.3. The van der Waals surface area contributed by atoms with Crippen LogP contribution in [-0.4, -0.2) is 35.1 Å². The van der Waals surface area contributed by atoms with Gasteiger partial charge in [-0.3, -0.25) is 14.7 Å². The maximum absolute atomic E-state index is 12.4.